The first-order valence-corrected chi connectivity index (χ1v) is 11.9. The van der Waals surface area contributed by atoms with E-state index in [-0.39, 0.29) is 6.04 Å². The Hall–Kier alpha value is -4.05. The first-order valence-electron chi connectivity index (χ1n) is 11.5. The molecule has 11 heteroatoms. The number of alkyl halides is 1. The number of likely N-dealkylation sites (N-methyl/N-ethyl adjacent to an activating group) is 1. The molecule has 0 bridgehead atoms. The van der Waals surface area contributed by atoms with E-state index in [4.69, 9.17) is 30.8 Å². The Kier molecular flexibility index (Phi) is 6.75. The molecule has 9 nitrogen and oxygen atoms in total. The Morgan fingerprint density at radius 1 is 1.16 bits per heavy atom. The van der Waals surface area contributed by atoms with Crippen LogP contribution < -0.4 is 24.4 Å². The molecule has 1 aliphatic heterocycles. The second-order valence-corrected chi connectivity index (χ2v) is 8.98. The zero-order valence-electron chi connectivity index (χ0n) is 20.8. The molecule has 2 aromatic heterocycles. The third-order valence-corrected chi connectivity index (χ3v) is 6.59. The molecule has 1 atom stereocenters. The lowest BCUT2D eigenvalue weighted by Gasteiger charge is -2.35. The molecule has 0 spiro atoms. The van der Waals surface area contributed by atoms with Gasteiger partial charge in [-0.1, -0.05) is 11.6 Å². The van der Waals surface area contributed by atoms with Crippen molar-refractivity contribution in [3.05, 3.63) is 70.9 Å². The van der Waals surface area contributed by atoms with Crippen molar-refractivity contribution in [2.75, 3.05) is 38.1 Å². The highest BCUT2D eigenvalue weighted by Crippen LogP contribution is 2.41. The summed E-state index contributed by atoms with van der Waals surface area (Å²) in [6.45, 7) is 1.57. The van der Waals surface area contributed by atoms with Crippen LogP contribution in [0.25, 0.3) is 5.69 Å². The minimum Gasteiger partial charge on any atom is -0.496 e. The number of methoxy groups -OCH3 is 2. The maximum atomic E-state index is 13.6. The monoisotopic (exact) mass is 524 g/mol. The van der Waals surface area contributed by atoms with E-state index < -0.39 is 6.67 Å². The number of imidazole rings is 1. The van der Waals surface area contributed by atoms with Crippen molar-refractivity contribution in [1.82, 2.24) is 19.5 Å². The van der Waals surface area contributed by atoms with Crippen LogP contribution in [0.15, 0.2) is 49.1 Å². The molecule has 1 N–H and O–H groups in total. The molecule has 1 unspecified atom stereocenters. The predicted molar refractivity (Wildman–Crippen MR) is 140 cm³/mol. The molecule has 0 saturated heterocycles. The number of hydrogen-bond donors (Lipinski definition) is 1. The summed E-state index contributed by atoms with van der Waals surface area (Å²) in [5.41, 5.74) is 3.67. The number of halogens is 2. The highest BCUT2D eigenvalue weighted by Gasteiger charge is 2.30. The van der Waals surface area contributed by atoms with Crippen molar-refractivity contribution in [2.24, 2.45) is 0 Å². The third-order valence-electron chi connectivity index (χ3n) is 6.26. The number of aryl methyl sites for hydroxylation is 1. The van der Waals surface area contributed by atoms with E-state index in [1.54, 1.807) is 31.8 Å². The lowest BCUT2D eigenvalue weighted by atomic mass is 10.0. The number of hydrogen-bond acceptors (Lipinski definition) is 8. The van der Waals surface area contributed by atoms with Crippen LogP contribution in [-0.2, 0) is 6.67 Å². The average Bonchev–Trinajstić information content (AvgIpc) is 3.35. The Morgan fingerprint density at radius 3 is 2.68 bits per heavy atom. The number of nitrogens with zero attached hydrogens (tertiary/aromatic N) is 5. The van der Waals surface area contributed by atoms with Gasteiger partial charge in [-0.25, -0.2) is 14.4 Å². The van der Waals surface area contributed by atoms with E-state index >= 15 is 0 Å². The maximum Gasteiger partial charge on any atom is 0.229 e. The molecule has 0 aliphatic carbocycles. The fourth-order valence-electron chi connectivity index (χ4n) is 4.32. The number of benzene rings is 2. The van der Waals surface area contributed by atoms with Gasteiger partial charge in [0.05, 0.1) is 44.2 Å². The summed E-state index contributed by atoms with van der Waals surface area (Å²) < 4.78 is 32.3. The van der Waals surface area contributed by atoms with E-state index in [2.05, 4.69) is 15.3 Å². The molecule has 192 valence electrons. The van der Waals surface area contributed by atoms with Gasteiger partial charge in [-0.15, -0.1) is 0 Å². The summed E-state index contributed by atoms with van der Waals surface area (Å²) in [6.07, 6.45) is 5.29. The molecule has 0 fully saturated rings. The predicted octanol–water partition coefficient (Wildman–Crippen LogP) is 5.42. The van der Waals surface area contributed by atoms with Crippen LogP contribution in [0.5, 0.6) is 17.2 Å². The van der Waals surface area contributed by atoms with Gasteiger partial charge in [0.2, 0.25) is 5.95 Å². The molecule has 37 heavy (non-hydrogen) atoms. The average molecular weight is 525 g/mol. The Labute approximate surface area is 218 Å². The smallest absolute Gasteiger partial charge is 0.229 e. The zero-order valence-corrected chi connectivity index (χ0v) is 21.6. The summed E-state index contributed by atoms with van der Waals surface area (Å²) in [5.74, 6) is 2.59. The van der Waals surface area contributed by atoms with Gasteiger partial charge in [-0.05, 0) is 36.8 Å². The molecular formula is C26H26ClFN6O3. The Bertz CT molecular complexity index is 1450. The number of nitrogens with one attached hydrogen (secondary N) is 1. The molecular weight excluding hydrogens is 499 g/mol. The molecule has 1 aliphatic rings. The van der Waals surface area contributed by atoms with E-state index in [0.717, 1.165) is 22.6 Å². The van der Waals surface area contributed by atoms with Crippen LogP contribution in [0.3, 0.4) is 0 Å². The SMILES string of the molecule is COc1cc(Cl)c(C2COc3cnc(Nc4ccc(-n5cnc(C)c5)c(OC)c4)nc3N2C)cc1CF. The quantitative estimate of drug-likeness (QED) is 0.343. The highest BCUT2D eigenvalue weighted by atomic mass is 35.5. The summed E-state index contributed by atoms with van der Waals surface area (Å²) in [5, 5.41) is 3.69. The van der Waals surface area contributed by atoms with Crippen molar-refractivity contribution in [1.29, 1.82) is 0 Å². The topological polar surface area (TPSA) is 86.6 Å². The fraction of sp³-hybridized carbons (Fsp3) is 0.269. The second-order valence-electron chi connectivity index (χ2n) is 8.57. The van der Waals surface area contributed by atoms with Crippen molar-refractivity contribution >= 4 is 29.1 Å². The number of ether oxygens (including phenoxy) is 3. The number of rotatable bonds is 7. The van der Waals surface area contributed by atoms with Gasteiger partial charge in [0, 0.05) is 35.6 Å². The summed E-state index contributed by atoms with van der Waals surface area (Å²) >= 11 is 6.54. The van der Waals surface area contributed by atoms with Gasteiger partial charge >= 0.3 is 0 Å². The van der Waals surface area contributed by atoms with Crippen molar-refractivity contribution in [3.63, 3.8) is 0 Å². The van der Waals surface area contributed by atoms with E-state index in [1.807, 2.05) is 47.8 Å². The molecule has 0 amide bonds. The van der Waals surface area contributed by atoms with Gasteiger partial charge < -0.3 is 29.0 Å². The third kappa shape index (κ3) is 4.72. The van der Waals surface area contributed by atoms with Crippen LogP contribution in [-0.4, -0.2) is 47.4 Å². The molecule has 4 aromatic rings. The Morgan fingerprint density at radius 2 is 1.97 bits per heavy atom. The Balaban J connectivity index is 1.42. The first-order chi connectivity index (χ1) is 17.9. The second kappa shape index (κ2) is 10.1. The van der Waals surface area contributed by atoms with E-state index in [1.165, 1.54) is 7.11 Å². The standard InChI is InChI=1S/C26H26ClFN6O3/c1-15-12-34(14-30-15)20-6-5-17(8-23(20)36-4)31-26-29-11-24-25(32-26)33(2)21(13-37-24)18-7-16(10-28)22(35-3)9-19(18)27/h5-9,11-12,14,21H,10,13H2,1-4H3,(H,29,31,32). The maximum absolute atomic E-state index is 13.6. The number of fused-ring (bicyclic) bond motifs is 1. The van der Waals surface area contributed by atoms with Crippen LogP contribution in [0.2, 0.25) is 5.02 Å². The fourth-order valence-corrected chi connectivity index (χ4v) is 4.60. The first kappa shape index (κ1) is 24.6. The summed E-state index contributed by atoms with van der Waals surface area (Å²) in [4.78, 5) is 15.3. The van der Waals surface area contributed by atoms with Crippen molar-refractivity contribution in [2.45, 2.75) is 19.6 Å². The van der Waals surface area contributed by atoms with E-state index in [9.17, 15) is 4.39 Å². The minimum absolute atomic E-state index is 0.281. The summed E-state index contributed by atoms with van der Waals surface area (Å²) in [6, 6.07) is 8.77. The molecule has 2 aromatic carbocycles. The van der Waals surface area contributed by atoms with Gasteiger partial charge in [0.25, 0.3) is 0 Å². The van der Waals surface area contributed by atoms with Gasteiger partial charge in [-0.2, -0.15) is 4.98 Å². The largest absolute Gasteiger partial charge is 0.496 e. The molecule has 0 radical (unpaired) electrons. The number of anilines is 3. The molecule has 0 saturated carbocycles. The van der Waals surface area contributed by atoms with Crippen LogP contribution in [0, 0.1) is 6.92 Å². The molecule has 5 rings (SSSR count). The van der Waals surface area contributed by atoms with Crippen molar-refractivity contribution in [3.8, 4) is 22.9 Å². The van der Waals surface area contributed by atoms with Gasteiger partial charge in [0.15, 0.2) is 11.6 Å². The van der Waals surface area contributed by atoms with Crippen LogP contribution in [0.4, 0.5) is 21.8 Å². The normalized spacial score (nSPS) is 14.6. The summed E-state index contributed by atoms with van der Waals surface area (Å²) in [7, 11) is 5.00. The van der Waals surface area contributed by atoms with Crippen LogP contribution >= 0.6 is 11.6 Å². The minimum atomic E-state index is -0.667. The number of aromatic nitrogens is 4. The lowest BCUT2D eigenvalue weighted by Crippen LogP contribution is -2.34. The van der Waals surface area contributed by atoms with Crippen molar-refractivity contribution < 1.29 is 18.6 Å². The lowest BCUT2D eigenvalue weighted by molar-refractivity contribution is 0.265. The highest BCUT2D eigenvalue weighted by molar-refractivity contribution is 6.31. The molecule has 3 heterocycles. The van der Waals surface area contributed by atoms with E-state index in [0.29, 0.717) is 46.2 Å². The van der Waals surface area contributed by atoms with Gasteiger partial charge in [-0.3, -0.25) is 0 Å². The van der Waals surface area contributed by atoms with Gasteiger partial charge in [0.1, 0.15) is 24.8 Å². The zero-order chi connectivity index (χ0) is 26.1. The van der Waals surface area contributed by atoms with Crippen LogP contribution in [0.1, 0.15) is 22.9 Å².